The molecule has 0 fully saturated rings. The molecule has 1 aromatic heterocycles. The summed E-state index contributed by atoms with van der Waals surface area (Å²) in [6, 6.07) is 5.82. The highest BCUT2D eigenvalue weighted by atomic mass is 16.5. The molecule has 106 valence electrons. The van der Waals surface area contributed by atoms with E-state index in [4.69, 9.17) is 4.74 Å². The molecule has 5 nitrogen and oxygen atoms in total. The molecule has 0 amide bonds. The third kappa shape index (κ3) is 6.88. The summed E-state index contributed by atoms with van der Waals surface area (Å²) in [7, 11) is 1.91. The van der Waals surface area contributed by atoms with E-state index in [0.717, 1.165) is 18.7 Å². The molecule has 1 N–H and O–H groups in total. The molecular weight excluding hydrogens is 244 g/mol. The van der Waals surface area contributed by atoms with Crippen LogP contribution < -0.4 is 0 Å². The van der Waals surface area contributed by atoms with E-state index in [1.807, 2.05) is 30.1 Å². The van der Waals surface area contributed by atoms with Crippen molar-refractivity contribution in [3.8, 4) is 0 Å². The molecule has 0 aliphatic rings. The number of carbonyl (C=O) groups is 1. The predicted octanol–water partition coefficient (Wildman–Crippen LogP) is 0.870. The summed E-state index contributed by atoms with van der Waals surface area (Å²) in [5.41, 5.74) is 1.02. The Morgan fingerprint density at radius 1 is 1.53 bits per heavy atom. The van der Waals surface area contributed by atoms with Gasteiger partial charge in [-0.3, -0.25) is 9.78 Å². The van der Waals surface area contributed by atoms with Crippen molar-refractivity contribution in [1.82, 2.24) is 9.88 Å². The minimum Gasteiger partial charge on any atom is -0.466 e. The summed E-state index contributed by atoms with van der Waals surface area (Å²) in [5.74, 6) is -0.354. The van der Waals surface area contributed by atoms with Gasteiger partial charge in [0.1, 0.15) is 0 Å². The largest absolute Gasteiger partial charge is 0.466 e. The second kappa shape index (κ2) is 8.61. The number of carbonyl (C=O) groups excluding carboxylic acids is 1. The maximum absolute atomic E-state index is 11.2. The lowest BCUT2D eigenvalue weighted by Crippen LogP contribution is -2.32. The van der Waals surface area contributed by atoms with Crippen LogP contribution in [-0.2, 0) is 16.0 Å². The summed E-state index contributed by atoms with van der Waals surface area (Å²) in [5, 5.41) is 9.76. The van der Waals surface area contributed by atoms with Crippen LogP contribution in [0, 0.1) is 0 Å². The molecule has 1 unspecified atom stereocenters. The lowest BCUT2D eigenvalue weighted by molar-refractivity contribution is -0.145. The van der Waals surface area contributed by atoms with Crippen molar-refractivity contribution >= 4 is 5.97 Å². The van der Waals surface area contributed by atoms with Crippen molar-refractivity contribution in [2.45, 2.75) is 25.9 Å². The Balaban J connectivity index is 2.23. The van der Waals surface area contributed by atoms with Gasteiger partial charge in [-0.1, -0.05) is 6.07 Å². The molecule has 19 heavy (non-hydrogen) atoms. The van der Waals surface area contributed by atoms with Crippen LogP contribution in [0.25, 0.3) is 0 Å². The highest BCUT2D eigenvalue weighted by Gasteiger charge is 2.13. The highest BCUT2D eigenvalue weighted by molar-refractivity contribution is 5.69. The Labute approximate surface area is 114 Å². The number of pyridine rings is 1. The SMILES string of the molecule is CCOC(=O)CC(O)CN(C)CCc1ccccn1. The van der Waals surface area contributed by atoms with Crippen LogP contribution in [-0.4, -0.2) is 53.8 Å². The molecule has 0 aliphatic heterocycles. The van der Waals surface area contributed by atoms with E-state index in [0.29, 0.717) is 13.2 Å². The van der Waals surface area contributed by atoms with Gasteiger partial charge in [-0.2, -0.15) is 0 Å². The number of aliphatic hydroxyl groups is 1. The predicted molar refractivity (Wildman–Crippen MR) is 72.7 cm³/mol. The molecule has 5 heteroatoms. The number of hydrogen-bond donors (Lipinski definition) is 1. The highest BCUT2D eigenvalue weighted by Crippen LogP contribution is 2.00. The minimum absolute atomic E-state index is 0.0434. The minimum atomic E-state index is -0.687. The Morgan fingerprint density at radius 3 is 2.95 bits per heavy atom. The smallest absolute Gasteiger partial charge is 0.308 e. The van der Waals surface area contributed by atoms with Gasteiger partial charge in [-0.15, -0.1) is 0 Å². The number of aromatic nitrogens is 1. The number of ether oxygens (including phenoxy) is 1. The van der Waals surface area contributed by atoms with Gasteiger partial charge in [-0.05, 0) is 26.1 Å². The van der Waals surface area contributed by atoms with E-state index in [9.17, 15) is 9.90 Å². The van der Waals surface area contributed by atoms with Crippen molar-refractivity contribution in [2.75, 3.05) is 26.7 Å². The number of rotatable bonds is 8. The molecule has 1 atom stereocenters. The van der Waals surface area contributed by atoms with Crippen LogP contribution in [0.5, 0.6) is 0 Å². The fraction of sp³-hybridized carbons (Fsp3) is 0.571. The zero-order valence-corrected chi connectivity index (χ0v) is 11.6. The van der Waals surface area contributed by atoms with Gasteiger partial charge < -0.3 is 14.7 Å². The number of nitrogens with zero attached hydrogens (tertiary/aromatic N) is 2. The topological polar surface area (TPSA) is 62.7 Å². The Hall–Kier alpha value is -1.46. The van der Waals surface area contributed by atoms with E-state index in [2.05, 4.69) is 4.98 Å². The first kappa shape index (κ1) is 15.6. The fourth-order valence-electron chi connectivity index (χ4n) is 1.78. The van der Waals surface area contributed by atoms with Crippen LogP contribution in [0.2, 0.25) is 0 Å². The lowest BCUT2D eigenvalue weighted by Gasteiger charge is -2.19. The van der Waals surface area contributed by atoms with E-state index in [1.54, 1.807) is 13.1 Å². The van der Waals surface area contributed by atoms with E-state index in [1.165, 1.54) is 0 Å². The van der Waals surface area contributed by atoms with Crippen molar-refractivity contribution < 1.29 is 14.6 Å². The monoisotopic (exact) mass is 266 g/mol. The Bertz CT molecular complexity index is 370. The van der Waals surface area contributed by atoms with E-state index in [-0.39, 0.29) is 12.4 Å². The van der Waals surface area contributed by atoms with E-state index < -0.39 is 6.10 Å². The Kier molecular flexibility index (Phi) is 7.07. The number of esters is 1. The van der Waals surface area contributed by atoms with Gasteiger partial charge in [0.05, 0.1) is 19.1 Å². The van der Waals surface area contributed by atoms with Crippen LogP contribution >= 0.6 is 0 Å². The summed E-state index contributed by atoms with van der Waals surface area (Å²) >= 11 is 0. The second-order valence-corrected chi connectivity index (χ2v) is 4.50. The van der Waals surface area contributed by atoms with Gasteiger partial charge in [0.2, 0.25) is 0 Å². The van der Waals surface area contributed by atoms with Gasteiger partial charge in [0.25, 0.3) is 0 Å². The average molecular weight is 266 g/mol. The summed E-state index contributed by atoms with van der Waals surface area (Å²) in [6.45, 7) is 3.34. The average Bonchev–Trinajstić information content (AvgIpc) is 2.37. The molecule has 1 heterocycles. The van der Waals surface area contributed by atoms with Gasteiger partial charge in [-0.25, -0.2) is 0 Å². The van der Waals surface area contributed by atoms with Crippen LogP contribution in [0.3, 0.4) is 0 Å². The molecule has 0 radical (unpaired) electrons. The van der Waals surface area contributed by atoms with Crippen molar-refractivity contribution in [2.24, 2.45) is 0 Å². The number of aliphatic hydroxyl groups excluding tert-OH is 1. The lowest BCUT2D eigenvalue weighted by atomic mass is 10.2. The second-order valence-electron chi connectivity index (χ2n) is 4.50. The molecule has 0 aromatic carbocycles. The van der Waals surface area contributed by atoms with Crippen molar-refractivity contribution in [3.05, 3.63) is 30.1 Å². The quantitative estimate of drug-likeness (QED) is 0.707. The molecule has 0 spiro atoms. The van der Waals surface area contributed by atoms with Crippen LogP contribution in [0.4, 0.5) is 0 Å². The van der Waals surface area contributed by atoms with Crippen molar-refractivity contribution in [1.29, 1.82) is 0 Å². The number of hydrogen-bond acceptors (Lipinski definition) is 5. The maximum atomic E-state index is 11.2. The van der Waals surface area contributed by atoms with E-state index >= 15 is 0 Å². The Morgan fingerprint density at radius 2 is 2.32 bits per heavy atom. The zero-order chi connectivity index (χ0) is 14.1. The molecule has 0 bridgehead atoms. The van der Waals surface area contributed by atoms with Crippen molar-refractivity contribution in [3.63, 3.8) is 0 Å². The molecule has 1 rings (SSSR count). The zero-order valence-electron chi connectivity index (χ0n) is 11.6. The molecule has 1 aromatic rings. The normalized spacial score (nSPS) is 12.4. The first-order valence-electron chi connectivity index (χ1n) is 6.54. The van der Waals surface area contributed by atoms with Crippen LogP contribution in [0.15, 0.2) is 24.4 Å². The molecule has 0 aliphatic carbocycles. The molecule has 0 saturated carbocycles. The maximum Gasteiger partial charge on any atom is 0.308 e. The third-order valence-corrected chi connectivity index (χ3v) is 2.71. The third-order valence-electron chi connectivity index (χ3n) is 2.71. The van der Waals surface area contributed by atoms with Gasteiger partial charge >= 0.3 is 5.97 Å². The number of likely N-dealkylation sites (N-methyl/N-ethyl adjacent to an activating group) is 1. The summed E-state index contributed by atoms with van der Waals surface area (Å²) < 4.78 is 4.80. The van der Waals surface area contributed by atoms with Gasteiger partial charge in [0, 0.05) is 31.4 Å². The molecular formula is C14H22N2O3. The fourth-order valence-corrected chi connectivity index (χ4v) is 1.78. The standard InChI is InChI=1S/C14H22N2O3/c1-3-19-14(18)10-13(17)11-16(2)9-7-12-6-4-5-8-15-12/h4-6,8,13,17H,3,7,9-11H2,1-2H3. The summed E-state index contributed by atoms with van der Waals surface area (Å²) in [4.78, 5) is 17.4. The molecule has 0 saturated heterocycles. The summed E-state index contributed by atoms with van der Waals surface area (Å²) in [6.07, 6.45) is 1.95. The van der Waals surface area contributed by atoms with Crippen LogP contribution in [0.1, 0.15) is 19.0 Å². The van der Waals surface area contributed by atoms with Gasteiger partial charge in [0.15, 0.2) is 0 Å². The first-order valence-corrected chi connectivity index (χ1v) is 6.54. The first-order chi connectivity index (χ1) is 9.11.